The van der Waals surface area contributed by atoms with Gasteiger partial charge in [-0.05, 0) is 63.6 Å². The smallest absolute Gasteiger partial charge is 0.407 e. The third-order valence-electron chi connectivity index (χ3n) is 5.88. The highest BCUT2D eigenvalue weighted by Gasteiger charge is 2.41. The SMILES string of the molecule is CCOC(=O)NC[C@H]1CCN(C2CCC(C#N)(c3ccc(Cl)cn3)CC2)C1. The number of halogens is 1. The number of pyridine rings is 1. The minimum Gasteiger partial charge on any atom is -0.450 e. The molecule has 0 radical (unpaired) electrons. The van der Waals surface area contributed by atoms with Crippen molar-refractivity contribution in [2.75, 3.05) is 26.2 Å². The Morgan fingerprint density at radius 1 is 1.44 bits per heavy atom. The fraction of sp³-hybridized carbons (Fsp3) is 0.650. The van der Waals surface area contributed by atoms with E-state index in [1.54, 1.807) is 13.1 Å². The molecule has 6 nitrogen and oxygen atoms in total. The number of ether oxygens (including phenoxy) is 1. The van der Waals surface area contributed by atoms with Crippen LogP contribution in [0.2, 0.25) is 5.02 Å². The number of rotatable bonds is 5. The quantitative estimate of drug-likeness (QED) is 0.832. The highest BCUT2D eigenvalue weighted by Crippen LogP contribution is 2.40. The number of nitriles is 1. The van der Waals surface area contributed by atoms with Crippen LogP contribution in [-0.4, -0.2) is 48.3 Å². The van der Waals surface area contributed by atoms with Crippen LogP contribution >= 0.6 is 11.6 Å². The van der Waals surface area contributed by atoms with Gasteiger partial charge in [0, 0.05) is 25.3 Å². The Morgan fingerprint density at radius 2 is 2.22 bits per heavy atom. The molecule has 1 aromatic rings. The molecule has 1 aliphatic carbocycles. The summed E-state index contributed by atoms with van der Waals surface area (Å²) in [4.78, 5) is 18.4. The van der Waals surface area contributed by atoms with Crippen molar-refractivity contribution in [1.29, 1.82) is 5.26 Å². The fourth-order valence-corrected chi connectivity index (χ4v) is 4.43. The van der Waals surface area contributed by atoms with Crippen LogP contribution in [0.1, 0.15) is 44.7 Å². The van der Waals surface area contributed by atoms with Gasteiger partial charge in [-0.2, -0.15) is 5.26 Å². The second-order valence-corrected chi connectivity index (χ2v) is 7.97. The van der Waals surface area contributed by atoms with E-state index in [4.69, 9.17) is 16.3 Å². The van der Waals surface area contributed by atoms with Crippen molar-refractivity contribution >= 4 is 17.7 Å². The van der Waals surface area contributed by atoms with Crippen LogP contribution in [0, 0.1) is 17.2 Å². The third-order valence-corrected chi connectivity index (χ3v) is 6.11. The highest BCUT2D eigenvalue weighted by atomic mass is 35.5. The first kappa shape index (κ1) is 19.9. The van der Waals surface area contributed by atoms with Crippen LogP contribution in [0.3, 0.4) is 0 Å². The van der Waals surface area contributed by atoms with E-state index in [-0.39, 0.29) is 6.09 Å². The molecule has 1 amide bonds. The summed E-state index contributed by atoms with van der Waals surface area (Å²) in [6.07, 6.45) is 6.03. The van der Waals surface area contributed by atoms with E-state index in [1.807, 2.05) is 12.1 Å². The molecule has 3 rings (SSSR count). The molecule has 2 fully saturated rings. The number of aromatic nitrogens is 1. The van der Waals surface area contributed by atoms with Gasteiger partial charge in [-0.1, -0.05) is 11.6 Å². The standard InChI is InChI=1S/C20H27ClN4O2/c1-2-27-19(26)24-11-15-7-10-25(13-15)17-5-8-20(14-22,9-6-17)18-4-3-16(21)12-23-18/h3-4,12,15,17H,2,5-11,13H2,1H3,(H,24,26)/t15-,17?,20?/m1/s1. The molecule has 0 aromatic carbocycles. The Hall–Kier alpha value is -1.84. The molecule has 1 saturated heterocycles. The first-order valence-corrected chi connectivity index (χ1v) is 10.1. The van der Waals surface area contributed by atoms with Gasteiger partial charge in [0.15, 0.2) is 0 Å². The second-order valence-electron chi connectivity index (χ2n) is 7.54. The molecule has 0 unspecified atom stereocenters. The summed E-state index contributed by atoms with van der Waals surface area (Å²) in [7, 11) is 0. The summed E-state index contributed by atoms with van der Waals surface area (Å²) in [6.45, 7) is 4.92. The summed E-state index contributed by atoms with van der Waals surface area (Å²) in [5, 5.41) is 13.3. The topological polar surface area (TPSA) is 78.2 Å². The van der Waals surface area contributed by atoms with Crippen molar-refractivity contribution in [2.24, 2.45) is 5.92 Å². The number of hydrogen-bond donors (Lipinski definition) is 1. The molecule has 1 aliphatic heterocycles. The number of hydrogen-bond acceptors (Lipinski definition) is 5. The molecule has 1 aromatic heterocycles. The molecule has 7 heteroatoms. The maximum absolute atomic E-state index is 11.5. The Balaban J connectivity index is 1.51. The molecule has 1 N–H and O–H groups in total. The van der Waals surface area contributed by atoms with Gasteiger partial charge in [-0.15, -0.1) is 0 Å². The Labute approximate surface area is 165 Å². The molecular weight excluding hydrogens is 364 g/mol. The van der Waals surface area contributed by atoms with Gasteiger partial charge < -0.3 is 15.0 Å². The van der Waals surface area contributed by atoms with E-state index in [1.165, 1.54) is 0 Å². The predicted molar refractivity (Wildman–Crippen MR) is 103 cm³/mol. The Kier molecular flexibility index (Phi) is 6.56. The Morgan fingerprint density at radius 3 is 2.85 bits per heavy atom. The van der Waals surface area contributed by atoms with Crippen LogP contribution in [0.5, 0.6) is 0 Å². The number of nitrogens with one attached hydrogen (secondary N) is 1. The number of likely N-dealkylation sites (tertiary alicyclic amines) is 1. The van der Waals surface area contributed by atoms with Crippen molar-refractivity contribution in [3.05, 3.63) is 29.0 Å². The van der Waals surface area contributed by atoms with Crippen LogP contribution in [0.4, 0.5) is 4.79 Å². The van der Waals surface area contributed by atoms with E-state index >= 15 is 0 Å². The maximum atomic E-state index is 11.5. The van der Waals surface area contributed by atoms with Gasteiger partial charge in [0.2, 0.25) is 0 Å². The molecule has 2 heterocycles. The van der Waals surface area contributed by atoms with Gasteiger partial charge in [0.25, 0.3) is 0 Å². The lowest BCUT2D eigenvalue weighted by atomic mass is 9.71. The zero-order chi connectivity index (χ0) is 19.3. The Bertz CT molecular complexity index is 680. The minimum atomic E-state index is -0.494. The van der Waals surface area contributed by atoms with E-state index < -0.39 is 5.41 Å². The van der Waals surface area contributed by atoms with Crippen molar-refractivity contribution in [3.63, 3.8) is 0 Å². The first-order valence-electron chi connectivity index (χ1n) is 9.74. The minimum absolute atomic E-state index is 0.331. The van der Waals surface area contributed by atoms with E-state index in [0.717, 1.165) is 50.9 Å². The largest absolute Gasteiger partial charge is 0.450 e. The lowest BCUT2D eigenvalue weighted by molar-refractivity contribution is 0.147. The number of nitrogens with zero attached hydrogens (tertiary/aromatic N) is 3. The maximum Gasteiger partial charge on any atom is 0.407 e. The highest BCUT2D eigenvalue weighted by molar-refractivity contribution is 6.30. The summed E-state index contributed by atoms with van der Waals surface area (Å²) < 4.78 is 4.92. The van der Waals surface area contributed by atoms with Crippen LogP contribution in [0.15, 0.2) is 18.3 Å². The normalized spacial score (nSPS) is 28.5. The van der Waals surface area contributed by atoms with Gasteiger partial charge in [-0.25, -0.2) is 4.79 Å². The van der Waals surface area contributed by atoms with Crippen LogP contribution < -0.4 is 5.32 Å². The molecule has 2 aliphatic rings. The van der Waals surface area contributed by atoms with Crippen molar-refractivity contribution in [2.45, 2.75) is 50.5 Å². The van der Waals surface area contributed by atoms with Crippen LogP contribution in [0.25, 0.3) is 0 Å². The molecule has 146 valence electrons. The monoisotopic (exact) mass is 390 g/mol. The lowest BCUT2D eigenvalue weighted by Gasteiger charge is -2.38. The summed E-state index contributed by atoms with van der Waals surface area (Å²) >= 11 is 5.94. The molecule has 1 saturated carbocycles. The molecule has 1 atom stereocenters. The first-order chi connectivity index (χ1) is 13.1. The van der Waals surface area contributed by atoms with Gasteiger partial charge in [-0.3, -0.25) is 4.98 Å². The molecular formula is C20H27ClN4O2. The van der Waals surface area contributed by atoms with Gasteiger partial charge >= 0.3 is 6.09 Å². The summed E-state index contributed by atoms with van der Waals surface area (Å²) in [5.74, 6) is 0.468. The number of alkyl carbamates (subject to hydrolysis) is 1. The average molecular weight is 391 g/mol. The molecule has 0 bridgehead atoms. The summed E-state index contributed by atoms with van der Waals surface area (Å²) in [5.41, 5.74) is 0.344. The number of carbonyl (C=O) groups excluding carboxylic acids is 1. The third kappa shape index (κ3) is 4.72. The number of carbonyl (C=O) groups is 1. The van der Waals surface area contributed by atoms with E-state index in [0.29, 0.717) is 30.1 Å². The lowest BCUT2D eigenvalue weighted by Crippen LogP contribution is -2.42. The predicted octanol–water partition coefficient (Wildman–Crippen LogP) is 3.51. The van der Waals surface area contributed by atoms with Crippen molar-refractivity contribution in [3.8, 4) is 6.07 Å². The summed E-state index contributed by atoms with van der Waals surface area (Å²) in [6, 6.07) is 6.74. The fourth-order valence-electron chi connectivity index (χ4n) is 4.32. The van der Waals surface area contributed by atoms with E-state index in [9.17, 15) is 10.1 Å². The van der Waals surface area contributed by atoms with Crippen molar-refractivity contribution in [1.82, 2.24) is 15.2 Å². The molecule has 27 heavy (non-hydrogen) atoms. The van der Waals surface area contributed by atoms with Gasteiger partial charge in [0.05, 0.1) is 28.8 Å². The number of amides is 1. The zero-order valence-electron chi connectivity index (χ0n) is 15.8. The van der Waals surface area contributed by atoms with Crippen LogP contribution in [-0.2, 0) is 10.2 Å². The van der Waals surface area contributed by atoms with E-state index in [2.05, 4.69) is 21.3 Å². The second kappa shape index (κ2) is 8.90. The molecule has 0 spiro atoms. The average Bonchev–Trinajstić information content (AvgIpc) is 3.16. The zero-order valence-corrected chi connectivity index (χ0v) is 16.5. The van der Waals surface area contributed by atoms with Gasteiger partial charge in [0.1, 0.15) is 0 Å². The van der Waals surface area contributed by atoms with Crippen molar-refractivity contribution < 1.29 is 9.53 Å².